The van der Waals surface area contributed by atoms with E-state index < -0.39 is 23.6 Å². The number of likely N-dealkylation sites (tertiary alicyclic amines) is 1. The molecule has 1 heterocycles. The molecule has 0 bridgehead atoms. The topological polar surface area (TPSA) is 90.0 Å². The third-order valence-corrected chi connectivity index (χ3v) is 4.28. The van der Waals surface area contributed by atoms with Gasteiger partial charge in [-0.05, 0) is 33.1 Å². The van der Waals surface area contributed by atoms with Gasteiger partial charge in [-0.1, -0.05) is 6.92 Å². The zero-order valence-electron chi connectivity index (χ0n) is 13.2. The average molecular weight is 299 g/mol. The number of hydrogen-bond acceptors (Lipinski definition) is 3. The van der Waals surface area contributed by atoms with Crippen LogP contribution in [-0.4, -0.2) is 64.5 Å². The van der Waals surface area contributed by atoms with Crippen molar-refractivity contribution in [1.29, 1.82) is 0 Å². The van der Waals surface area contributed by atoms with Crippen LogP contribution in [0.25, 0.3) is 0 Å². The monoisotopic (exact) mass is 299 g/mol. The molecular formula is C14H25N3O4. The van der Waals surface area contributed by atoms with Crippen molar-refractivity contribution in [1.82, 2.24) is 15.1 Å². The van der Waals surface area contributed by atoms with Gasteiger partial charge in [0.25, 0.3) is 0 Å². The second-order valence-electron chi connectivity index (χ2n) is 5.47. The molecule has 0 saturated carbocycles. The minimum absolute atomic E-state index is 0.192. The highest BCUT2D eigenvalue weighted by molar-refractivity contribution is 5.90. The van der Waals surface area contributed by atoms with E-state index in [1.54, 1.807) is 20.9 Å². The first-order valence-corrected chi connectivity index (χ1v) is 7.36. The summed E-state index contributed by atoms with van der Waals surface area (Å²) in [6.07, 6.45) is 1.46. The third kappa shape index (κ3) is 3.28. The Hall–Kier alpha value is -1.79. The predicted molar refractivity (Wildman–Crippen MR) is 77.9 cm³/mol. The van der Waals surface area contributed by atoms with Crippen LogP contribution in [0.3, 0.4) is 0 Å². The summed E-state index contributed by atoms with van der Waals surface area (Å²) in [6, 6.07) is -1.16. The van der Waals surface area contributed by atoms with Gasteiger partial charge in [-0.25, -0.2) is 9.59 Å². The molecule has 21 heavy (non-hydrogen) atoms. The fraction of sp³-hybridized carbons (Fsp3) is 0.786. The number of carbonyl (C=O) groups is 3. The molecule has 0 aromatic heterocycles. The van der Waals surface area contributed by atoms with Crippen LogP contribution >= 0.6 is 0 Å². The maximum absolute atomic E-state index is 12.3. The first kappa shape index (κ1) is 17.3. The quantitative estimate of drug-likeness (QED) is 0.789. The summed E-state index contributed by atoms with van der Waals surface area (Å²) < 4.78 is 0. The van der Waals surface area contributed by atoms with Crippen molar-refractivity contribution < 1.29 is 19.5 Å². The Morgan fingerprint density at radius 3 is 2.48 bits per heavy atom. The van der Waals surface area contributed by atoms with Gasteiger partial charge < -0.3 is 20.2 Å². The summed E-state index contributed by atoms with van der Waals surface area (Å²) in [4.78, 5) is 38.7. The smallest absolute Gasteiger partial charge is 0.329 e. The third-order valence-electron chi connectivity index (χ3n) is 4.28. The van der Waals surface area contributed by atoms with Gasteiger partial charge in [0.1, 0.15) is 11.6 Å². The van der Waals surface area contributed by atoms with Gasteiger partial charge in [-0.15, -0.1) is 0 Å². The number of likely N-dealkylation sites (N-methyl/N-ethyl adjacent to an activating group) is 1. The van der Waals surface area contributed by atoms with Gasteiger partial charge in [-0.2, -0.15) is 0 Å². The molecule has 2 unspecified atom stereocenters. The second-order valence-corrected chi connectivity index (χ2v) is 5.47. The normalized spacial score (nSPS) is 22.8. The molecule has 0 aliphatic carbocycles. The van der Waals surface area contributed by atoms with Gasteiger partial charge in [-0.3, -0.25) is 4.79 Å². The highest BCUT2D eigenvalue weighted by Crippen LogP contribution is 2.32. The van der Waals surface area contributed by atoms with Crippen LogP contribution in [0.2, 0.25) is 0 Å². The Morgan fingerprint density at radius 1 is 1.38 bits per heavy atom. The van der Waals surface area contributed by atoms with E-state index in [1.807, 2.05) is 6.92 Å². The van der Waals surface area contributed by atoms with Crippen molar-refractivity contribution >= 4 is 17.9 Å². The molecule has 1 saturated heterocycles. The van der Waals surface area contributed by atoms with Crippen LogP contribution in [0.4, 0.5) is 4.79 Å². The van der Waals surface area contributed by atoms with Crippen molar-refractivity contribution in [2.45, 2.75) is 51.6 Å². The molecule has 3 amide bonds. The first-order chi connectivity index (χ1) is 9.80. The standard InChI is InChI=1S/C14H25N3O4/c1-5-14(12(19)20)8-7-9-17(14)13(21)15-10(3)11(18)16(4)6-2/h10H,5-9H2,1-4H3,(H,15,21)(H,19,20). The molecule has 1 aliphatic heterocycles. The first-order valence-electron chi connectivity index (χ1n) is 7.36. The summed E-state index contributed by atoms with van der Waals surface area (Å²) in [6.45, 7) is 6.17. The van der Waals surface area contributed by atoms with E-state index in [-0.39, 0.29) is 5.91 Å². The predicted octanol–water partition coefficient (Wildman–Crippen LogP) is 0.892. The SMILES string of the molecule is CCN(C)C(=O)C(C)NC(=O)N1CCCC1(CC)C(=O)O. The average Bonchev–Trinajstić information content (AvgIpc) is 2.90. The Balaban J connectivity index is 2.79. The number of carbonyl (C=O) groups excluding carboxylic acids is 2. The minimum atomic E-state index is -1.15. The van der Waals surface area contributed by atoms with Gasteiger partial charge in [0.15, 0.2) is 0 Å². The van der Waals surface area contributed by atoms with E-state index in [2.05, 4.69) is 5.32 Å². The van der Waals surface area contributed by atoms with Crippen LogP contribution in [0.15, 0.2) is 0 Å². The van der Waals surface area contributed by atoms with Crippen LogP contribution in [0.5, 0.6) is 0 Å². The molecule has 0 spiro atoms. The van der Waals surface area contributed by atoms with Gasteiger partial charge in [0.05, 0.1) is 0 Å². The molecule has 2 atom stereocenters. The van der Waals surface area contributed by atoms with Crippen molar-refractivity contribution in [3.05, 3.63) is 0 Å². The molecule has 0 aromatic carbocycles. The van der Waals surface area contributed by atoms with Gasteiger partial charge >= 0.3 is 12.0 Å². The highest BCUT2D eigenvalue weighted by Gasteiger charge is 2.48. The number of carboxylic acid groups (broad SMARTS) is 1. The summed E-state index contributed by atoms with van der Waals surface area (Å²) in [5.41, 5.74) is -1.15. The summed E-state index contributed by atoms with van der Waals surface area (Å²) in [7, 11) is 1.66. The lowest BCUT2D eigenvalue weighted by Gasteiger charge is -2.34. The molecule has 7 heteroatoms. The molecule has 120 valence electrons. The van der Waals surface area contributed by atoms with Gasteiger partial charge in [0.2, 0.25) is 5.91 Å². The van der Waals surface area contributed by atoms with E-state index >= 15 is 0 Å². The lowest BCUT2D eigenvalue weighted by molar-refractivity contribution is -0.148. The molecular weight excluding hydrogens is 274 g/mol. The number of aliphatic carboxylic acids is 1. The Labute approximate surface area is 125 Å². The number of rotatable bonds is 5. The summed E-state index contributed by atoms with van der Waals surface area (Å²) in [5, 5.41) is 12.1. The maximum atomic E-state index is 12.3. The zero-order valence-corrected chi connectivity index (χ0v) is 13.2. The van der Waals surface area contributed by atoms with E-state index in [0.29, 0.717) is 32.4 Å². The number of amides is 3. The number of nitrogens with one attached hydrogen (secondary N) is 1. The largest absolute Gasteiger partial charge is 0.479 e. The van der Waals surface area contributed by atoms with Crippen LogP contribution in [0.1, 0.15) is 40.0 Å². The molecule has 0 aromatic rings. The van der Waals surface area contributed by atoms with E-state index in [9.17, 15) is 19.5 Å². The Kier molecular flexibility index (Phi) is 5.57. The highest BCUT2D eigenvalue weighted by atomic mass is 16.4. The van der Waals surface area contributed by atoms with Crippen LogP contribution < -0.4 is 5.32 Å². The van der Waals surface area contributed by atoms with Crippen molar-refractivity contribution in [3.8, 4) is 0 Å². The van der Waals surface area contributed by atoms with Crippen molar-refractivity contribution in [2.24, 2.45) is 0 Å². The van der Waals surface area contributed by atoms with Crippen LogP contribution in [-0.2, 0) is 9.59 Å². The summed E-state index contributed by atoms with van der Waals surface area (Å²) >= 11 is 0. The van der Waals surface area contributed by atoms with E-state index in [0.717, 1.165) is 0 Å². The fourth-order valence-corrected chi connectivity index (χ4v) is 2.73. The number of hydrogen-bond donors (Lipinski definition) is 2. The zero-order chi connectivity index (χ0) is 16.2. The maximum Gasteiger partial charge on any atom is 0.329 e. The van der Waals surface area contributed by atoms with Crippen LogP contribution in [0, 0.1) is 0 Å². The van der Waals surface area contributed by atoms with Crippen molar-refractivity contribution in [3.63, 3.8) is 0 Å². The lowest BCUT2D eigenvalue weighted by atomic mass is 9.93. The second kappa shape index (κ2) is 6.78. The van der Waals surface area contributed by atoms with Gasteiger partial charge in [0, 0.05) is 20.1 Å². The Morgan fingerprint density at radius 2 is 2.00 bits per heavy atom. The number of nitrogens with zero attached hydrogens (tertiary/aromatic N) is 2. The molecule has 2 N–H and O–H groups in total. The van der Waals surface area contributed by atoms with E-state index in [1.165, 1.54) is 9.80 Å². The number of carboxylic acids is 1. The molecule has 0 radical (unpaired) electrons. The Bertz CT molecular complexity index is 426. The molecule has 7 nitrogen and oxygen atoms in total. The van der Waals surface area contributed by atoms with Crippen molar-refractivity contribution in [2.75, 3.05) is 20.1 Å². The lowest BCUT2D eigenvalue weighted by Crippen LogP contribution is -2.58. The number of urea groups is 1. The van der Waals surface area contributed by atoms with E-state index in [4.69, 9.17) is 0 Å². The molecule has 1 fully saturated rings. The minimum Gasteiger partial charge on any atom is -0.479 e. The summed E-state index contributed by atoms with van der Waals surface area (Å²) in [5.74, 6) is -1.18. The molecule has 1 aliphatic rings. The fourth-order valence-electron chi connectivity index (χ4n) is 2.73. The molecule has 1 rings (SSSR count).